The molecule has 0 saturated carbocycles. The Morgan fingerprint density at radius 2 is 2.00 bits per heavy atom. The number of benzene rings is 1. The lowest BCUT2D eigenvalue weighted by atomic mass is 10.2. The van der Waals surface area contributed by atoms with Crippen LogP contribution in [0.2, 0.25) is 0 Å². The molecule has 88 valence electrons. The fraction of sp³-hybridized carbons (Fsp3) is 0.417. The molecule has 3 nitrogen and oxygen atoms in total. The molecule has 2 N–H and O–H groups in total. The first kappa shape index (κ1) is 13.1. The molecule has 1 aromatic rings. The maximum Gasteiger partial charge on any atom is 0.230 e. The van der Waals surface area contributed by atoms with Gasteiger partial charge in [0.05, 0.1) is 12.4 Å². The summed E-state index contributed by atoms with van der Waals surface area (Å²) in [6.45, 7) is 3.94. The topological polar surface area (TPSA) is 49.3 Å². The number of hydrogen-bond acceptors (Lipinski definition) is 3. The van der Waals surface area contributed by atoms with Gasteiger partial charge >= 0.3 is 0 Å². The Kier molecular flexibility index (Phi) is 5.35. The van der Waals surface area contributed by atoms with Gasteiger partial charge in [0, 0.05) is 10.9 Å². The number of thioether (sulfide) groups is 1. The second kappa shape index (κ2) is 6.55. The second-order valence-corrected chi connectivity index (χ2v) is 4.86. The van der Waals surface area contributed by atoms with E-state index in [4.69, 9.17) is 5.11 Å². The molecule has 0 spiro atoms. The Bertz CT molecular complexity index is 335. The van der Waals surface area contributed by atoms with Crippen LogP contribution in [0.25, 0.3) is 0 Å². The smallest absolute Gasteiger partial charge is 0.230 e. The number of amides is 1. The van der Waals surface area contributed by atoms with E-state index in [0.29, 0.717) is 5.75 Å². The van der Waals surface area contributed by atoms with E-state index in [1.54, 1.807) is 0 Å². The summed E-state index contributed by atoms with van der Waals surface area (Å²) in [7, 11) is 0. The van der Waals surface area contributed by atoms with Crippen LogP contribution >= 0.6 is 11.8 Å². The molecule has 1 rings (SSSR count). The van der Waals surface area contributed by atoms with E-state index in [-0.39, 0.29) is 18.6 Å². The summed E-state index contributed by atoms with van der Waals surface area (Å²) >= 11 is 1.50. The van der Waals surface area contributed by atoms with Crippen molar-refractivity contribution < 1.29 is 9.90 Å². The van der Waals surface area contributed by atoms with Crippen LogP contribution in [0.3, 0.4) is 0 Å². The monoisotopic (exact) mass is 239 g/mol. The van der Waals surface area contributed by atoms with E-state index >= 15 is 0 Å². The van der Waals surface area contributed by atoms with E-state index in [2.05, 4.69) is 5.32 Å². The molecule has 0 aliphatic rings. The van der Waals surface area contributed by atoms with Gasteiger partial charge in [0.1, 0.15) is 0 Å². The van der Waals surface area contributed by atoms with Crippen molar-refractivity contribution in [3.63, 3.8) is 0 Å². The van der Waals surface area contributed by atoms with Gasteiger partial charge < -0.3 is 10.4 Å². The van der Waals surface area contributed by atoms with E-state index in [0.717, 1.165) is 10.5 Å². The minimum atomic E-state index is 0.0474. The summed E-state index contributed by atoms with van der Waals surface area (Å²) in [4.78, 5) is 12.4. The van der Waals surface area contributed by atoms with Gasteiger partial charge in [-0.15, -0.1) is 11.8 Å². The first-order chi connectivity index (χ1) is 7.61. The summed E-state index contributed by atoms with van der Waals surface area (Å²) in [5.74, 6) is 0.475. The van der Waals surface area contributed by atoms with Crippen molar-refractivity contribution in [2.24, 2.45) is 0 Å². The number of aliphatic hydroxyl groups is 1. The summed E-state index contributed by atoms with van der Waals surface area (Å²) in [6, 6.07) is 7.74. The predicted molar refractivity (Wildman–Crippen MR) is 66.4 cm³/mol. The van der Waals surface area contributed by atoms with E-state index in [9.17, 15) is 4.79 Å². The predicted octanol–water partition coefficient (Wildman–Crippen LogP) is 1.80. The molecule has 0 atom stereocenters. The maximum absolute atomic E-state index is 11.4. The first-order valence-electron chi connectivity index (χ1n) is 5.24. The van der Waals surface area contributed by atoms with Crippen molar-refractivity contribution in [3.05, 3.63) is 29.8 Å². The molecular formula is C12H17NO2S. The lowest BCUT2D eigenvalue weighted by molar-refractivity contribution is -0.119. The number of hydrogen-bond donors (Lipinski definition) is 2. The molecule has 1 amide bonds. The van der Waals surface area contributed by atoms with Crippen LogP contribution in [-0.2, 0) is 11.4 Å². The van der Waals surface area contributed by atoms with Crippen molar-refractivity contribution >= 4 is 17.7 Å². The molecule has 0 heterocycles. The first-order valence-corrected chi connectivity index (χ1v) is 6.22. The maximum atomic E-state index is 11.4. The Morgan fingerprint density at radius 3 is 2.50 bits per heavy atom. The summed E-state index contributed by atoms with van der Waals surface area (Å²) in [5, 5.41) is 11.7. The highest BCUT2D eigenvalue weighted by Gasteiger charge is 2.03. The van der Waals surface area contributed by atoms with Crippen LogP contribution in [0.5, 0.6) is 0 Å². The van der Waals surface area contributed by atoms with Gasteiger partial charge in [0.15, 0.2) is 0 Å². The third kappa shape index (κ3) is 4.68. The van der Waals surface area contributed by atoms with Crippen LogP contribution in [0.15, 0.2) is 29.2 Å². The molecule has 0 radical (unpaired) electrons. The van der Waals surface area contributed by atoms with Crippen LogP contribution in [0.1, 0.15) is 19.4 Å². The second-order valence-electron chi connectivity index (χ2n) is 3.81. The van der Waals surface area contributed by atoms with Gasteiger partial charge in [0.2, 0.25) is 5.91 Å². The van der Waals surface area contributed by atoms with E-state index in [1.807, 2.05) is 38.1 Å². The summed E-state index contributed by atoms with van der Waals surface area (Å²) in [5.41, 5.74) is 0.885. The zero-order valence-corrected chi connectivity index (χ0v) is 10.4. The highest BCUT2D eigenvalue weighted by atomic mass is 32.2. The highest BCUT2D eigenvalue weighted by molar-refractivity contribution is 8.00. The van der Waals surface area contributed by atoms with Crippen LogP contribution < -0.4 is 5.32 Å². The minimum Gasteiger partial charge on any atom is -0.392 e. The van der Waals surface area contributed by atoms with Gasteiger partial charge in [-0.1, -0.05) is 12.1 Å². The van der Waals surface area contributed by atoms with E-state index in [1.165, 1.54) is 11.8 Å². The quantitative estimate of drug-likeness (QED) is 0.770. The largest absolute Gasteiger partial charge is 0.392 e. The summed E-state index contributed by atoms with van der Waals surface area (Å²) < 4.78 is 0. The fourth-order valence-corrected chi connectivity index (χ4v) is 1.91. The summed E-state index contributed by atoms with van der Waals surface area (Å²) in [6.07, 6.45) is 0. The molecule has 0 aliphatic heterocycles. The normalized spacial score (nSPS) is 10.5. The molecule has 1 aromatic carbocycles. The van der Waals surface area contributed by atoms with Gasteiger partial charge in [-0.3, -0.25) is 4.79 Å². The van der Waals surface area contributed by atoms with E-state index < -0.39 is 0 Å². The molecule has 0 bridgehead atoms. The van der Waals surface area contributed by atoms with Crippen molar-refractivity contribution in [1.82, 2.24) is 5.32 Å². The fourth-order valence-electron chi connectivity index (χ4n) is 1.20. The average Bonchev–Trinajstić information content (AvgIpc) is 2.26. The minimum absolute atomic E-state index is 0.0474. The number of aliphatic hydroxyl groups excluding tert-OH is 1. The van der Waals surface area contributed by atoms with Gasteiger partial charge in [-0.25, -0.2) is 0 Å². The van der Waals surface area contributed by atoms with Gasteiger partial charge in [0.25, 0.3) is 0 Å². The third-order valence-corrected chi connectivity index (χ3v) is 2.94. The SMILES string of the molecule is CC(C)NC(=O)CSc1ccc(CO)cc1. The molecule has 0 aromatic heterocycles. The van der Waals surface area contributed by atoms with Crippen molar-refractivity contribution in [3.8, 4) is 0 Å². The van der Waals surface area contributed by atoms with Gasteiger partial charge in [-0.2, -0.15) is 0 Å². The molecule has 0 fully saturated rings. The number of carbonyl (C=O) groups excluding carboxylic acids is 1. The van der Waals surface area contributed by atoms with Crippen molar-refractivity contribution in [2.75, 3.05) is 5.75 Å². The standard InChI is InChI=1S/C12H17NO2S/c1-9(2)13-12(15)8-16-11-5-3-10(7-14)4-6-11/h3-6,9,14H,7-8H2,1-2H3,(H,13,15). The lowest BCUT2D eigenvalue weighted by Crippen LogP contribution is -2.31. The molecule has 0 saturated heterocycles. The zero-order valence-electron chi connectivity index (χ0n) is 9.56. The van der Waals surface area contributed by atoms with Crippen molar-refractivity contribution in [1.29, 1.82) is 0 Å². The number of carbonyl (C=O) groups is 1. The third-order valence-electron chi connectivity index (χ3n) is 1.93. The Labute approximate surface area is 100 Å². The molecular weight excluding hydrogens is 222 g/mol. The van der Waals surface area contributed by atoms with Gasteiger partial charge in [-0.05, 0) is 31.5 Å². The Balaban J connectivity index is 2.39. The lowest BCUT2D eigenvalue weighted by Gasteiger charge is -2.07. The number of rotatable bonds is 5. The molecule has 4 heteroatoms. The highest BCUT2D eigenvalue weighted by Crippen LogP contribution is 2.18. The Morgan fingerprint density at radius 1 is 1.38 bits per heavy atom. The average molecular weight is 239 g/mol. The van der Waals surface area contributed by atoms with Crippen LogP contribution in [0.4, 0.5) is 0 Å². The van der Waals surface area contributed by atoms with Crippen LogP contribution in [0, 0.1) is 0 Å². The van der Waals surface area contributed by atoms with Crippen LogP contribution in [-0.4, -0.2) is 22.8 Å². The molecule has 0 aliphatic carbocycles. The Hall–Kier alpha value is -1.00. The van der Waals surface area contributed by atoms with Crippen molar-refractivity contribution in [2.45, 2.75) is 31.4 Å². The number of nitrogens with one attached hydrogen (secondary N) is 1. The zero-order chi connectivity index (χ0) is 12.0. The molecule has 0 unspecified atom stereocenters. The molecule has 16 heavy (non-hydrogen) atoms.